The van der Waals surface area contributed by atoms with E-state index in [1.807, 2.05) is 24.3 Å². The van der Waals surface area contributed by atoms with Gasteiger partial charge in [-0.3, -0.25) is 0 Å². The van der Waals surface area contributed by atoms with Crippen LogP contribution in [0.3, 0.4) is 0 Å². The third-order valence-electron chi connectivity index (χ3n) is 12.4. The van der Waals surface area contributed by atoms with Crippen LogP contribution in [0, 0.1) is 0 Å². The molecule has 0 spiro atoms. The van der Waals surface area contributed by atoms with Crippen LogP contribution in [0.15, 0.2) is 241 Å². The van der Waals surface area contributed by atoms with E-state index in [-0.39, 0.29) is 0 Å². The van der Waals surface area contributed by atoms with E-state index < -0.39 is 0 Å². The number of aromatic nitrogens is 3. The highest BCUT2D eigenvalue weighted by Gasteiger charge is 2.21. The molecule has 10 aromatic carbocycles. The van der Waals surface area contributed by atoms with Crippen LogP contribution < -0.4 is 0 Å². The molecular formula is C61H39N3O. The summed E-state index contributed by atoms with van der Waals surface area (Å²) in [4.78, 5) is 15.8. The third kappa shape index (κ3) is 7.13. The number of benzene rings is 10. The van der Waals surface area contributed by atoms with Crippen molar-refractivity contribution in [1.29, 1.82) is 0 Å². The molecule has 0 radical (unpaired) electrons. The summed E-state index contributed by atoms with van der Waals surface area (Å²) in [6.07, 6.45) is 0. The number of para-hydroxylation sites is 1. The standard InChI is InChI=1S/C61H39N3O/c1-5-15-40(16-6-1)43-27-31-46(32-28-43)59-62-60(49-34-30-44-29-33-47(37-50(44)38-49)41-17-7-2-8-18-41)64-61(63-59)54-25-14-26-56-57(54)53-24-13-23-52(58(53)65-56)51-36-35-48(42-19-9-3-10-20-42)39-55(51)45-21-11-4-12-22-45/h1-39H. The lowest BCUT2D eigenvalue weighted by Gasteiger charge is -2.13. The van der Waals surface area contributed by atoms with Crippen molar-refractivity contribution in [3.8, 4) is 89.8 Å². The SMILES string of the molecule is c1ccc(-c2ccc(-c3nc(-c4ccc5ccc(-c6ccccc6)cc5c4)nc(-c4cccc5oc6c(-c7ccc(-c8ccccc8)cc7-c7ccccc7)cccc6c45)n3)cc2)cc1. The van der Waals surface area contributed by atoms with E-state index in [2.05, 4.69) is 212 Å². The molecule has 0 N–H and O–H groups in total. The minimum atomic E-state index is 0.575. The van der Waals surface area contributed by atoms with Gasteiger partial charge in [0, 0.05) is 33.0 Å². The Kier molecular flexibility index (Phi) is 9.46. The number of nitrogens with zero attached hydrogens (tertiary/aromatic N) is 3. The first-order valence-electron chi connectivity index (χ1n) is 21.9. The van der Waals surface area contributed by atoms with Crippen molar-refractivity contribution in [3.63, 3.8) is 0 Å². The van der Waals surface area contributed by atoms with Crippen LogP contribution in [-0.4, -0.2) is 15.0 Å². The zero-order valence-corrected chi connectivity index (χ0v) is 35.3. The van der Waals surface area contributed by atoms with Crippen molar-refractivity contribution in [1.82, 2.24) is 15.0 Å². The summed E-state index contributed by atoms with van der Waals surface area (Å²) in [7, 11) is 0. The Hall–Kier alpha value is -8.73. The molecule has 0 atom stereocenters. The van der Waals surface area contributed by atoms with Crippen molar-refractivity contribution in [2.75, 3.05) is 0 Å². The summed E-state index contributed by atoms with van der Waals surface area (Å²) >= 11 is 0. The summed E-state index contributed by atoms with van der Waals surface area (Å²) in [6.45, 7) is 0. The molecule has 65 heavy (non-hydrogen) atoms. The van der Waals surface area contributed by atoms with Crippen molar-refractivity contribution in [2.24, 2.45) is 0 Å². The molecule has 2 aromatic heterocycles. The maximum atomic E-state index is 6.92. The van der Waals surface area contributed by atoms with Crippen LogP contribution in [0.25, 0.3) is 123 Å². The molecule has 0 aliphatic rings. The highest BCUT2D eigenvalue weighted by molar-refractivity contribution is 6.15. The maximum Gasteiger partial charge on any atom is 0.164 e. The van der Waals surface area contributed by atoms with Gasteiger partial charge in [0.15, 0.2) is 17.5 Å². The van der Waals surface area contributed by atoms with E-state index in [0.717, 1.165) is 93.9 Å². The van der Waals surface area contributed by atoms with Gasteiger partial charge in [-0.15, -0.1) is 0 Å². The van der Waals surface area contributed by atoms with Gasteiger partial charge in [0.2, 0.25) is 0 Å². The van der Waals surface area contributed by atoms with Gasteiger partial charge in [-0.25, -0.2) is 15.0 Å². The average Bonchev–Trinajstić information content (AvgIpc) is 3.79. The van der Waals surface area contributed by atoms with Gasteiger partial charge in [-0.1, -0.05) is 212 Å². The molecule has 304 valence electrons. The predicted molar refractivity (Wildman–Crippen MR) is 268 cm³/mol. The lowest BCUT2D eigenvalue weighted by atomic mass is 9.90. The molecule has 4 nitrogen and oxygen atoms in total. The van der Waals surface area contributed by atoms with E-state index >= 15 is 0 Å². The van der Waals surface area contributed by atoms with E-state index in [1.54, 1.807) is 0 Å². The van der Waals surface area contributed by atoms with Crippen LogP contribution in [0.1, 0.15) is 0 Å². The Morgan fingerprint density at radius 1 is 0.262 bits per heavy atom. The van der Waals surface area contributed by atoms with E-state index in [4.69, 9.17) is 19.4 Å². The second-order valence-electron chi connectivity index (χ2n) is 16.3. The van der Waals surface area contributed by atoms with Crippen LogP contribution in [0.2, 0.25) is 0 Å². The highest BCUT2D eigenvalue weighted by atomic mass is 16.3. The third-order valence-corrected chi connectivity index (χ3v) is 12.4. The molecule has 0 aliphatic heterocycles. The van der Waals surface area contributed by atoms with Crippen LogP contribution >= 0.6 is 0 Å². The molecule has 12 rings (SSSR count). The van der Waals surface area contributed by atoms with Crippen molar-refractivity contribution in [3.05, 3.63) is 237 Å². The number of hydrogen-bond acceptors (Lipinski definition) is 4. The Labute approximate surface area is 376 Å². The molecule has 0 unspecified atom stereocenters. The molecule has 0 bridgehead atoms. The fourth-order valence-electron chi connectivity index (χ4n) is 9.08. The Balaban J connectivity index is 1.03. The lowest BCUT2D eigenvalue weighted by molar-refractivity contribution is 0.670. The lowest BCUT2D eigenvalue weighted by Crippen LogP contribution is -2.00. The van der Waals surface area contributed by atoms with Crippen molar-refractivity contribution in [2.45, 2.75) is 0 Å². The molecule has 0 saturated carbocycles. The average molecular weight is 830 g/mol. The smallest absolute Gasteiger partial charge is 0.164 e. The summed E-state index contributed by atoms with van der Waals surface area (Å²) in [5.41, 5.74) is 15.6. The minimum absolute atomic E-state index is 0.575. The zero-order valence-electron chi connectivity index (χ0n) is 35.3. The van der Waals surface area contributed by atoms with Crippen LogP contribution in [0.4, 0.5) is 0 Å². The maximum absolute atomic E-state index is 6.92. The number of fused-ring (bicyclic) bond motifs is 4. The van der Waals surface area contributed by atoms with E-state index in [1.165, 1.54) is 11.1 Å². The minimum Gasteiger partial charge on any atom is -0.455 e. The van der Waals surface area contributed by atoms with Crippen molar-refractivity contribution < 1.29 is 4.42 Å². The molecule has 0 saturated heterocycles. The summed E-state index contributed by atoms with van der Waals surface area (Å²) in [5.74, 6) is 1.77. The number of rotatable bonds is 8. The largest absolute Gasteiger partial charge is 0.455 e. The van der Waals surface area contributed by atoms with Crippen LogP contribution in [0.5, 0.6) is 0 Å². The van der Waals surface area contributed by atoms with Gasteiger partial charge in [0.25, 0.3) is 0 Å². The first kappa shape index (κ1) is 38.0. The predicted octanol–water partition coefficient (Wildman–Crippen LogP) is 16.3. The zero-order chi connectivity index (χ0) is 43.1. The summed E-state index contributed by atoms with van der Waals surface area (Å²) in [5, 5.41) is 4.21. The van der Waals surface area contributed by atoms with Crippen LogP contribution in [-0.2, 0) is 0 Å². The fourth-order valence-corrected chi connectivity index (χ4v) is 9.08. The van der Waals surface area contributed by atoms with Gasteiger partial charge >= 0.3 is 0 Å². The molecule has 2 heterocycles. The second kappa shape index (κ2) is 16.2. The molecule has 0 fully saturated rings. The van der Waals surface area contributed by atoms with Gasteiger partial charge < -0.3 is 4.42 Å². The Morgan fingerprint density at radius 3 is 1.42 bits per heavy atom. The second-order valence-corrected chi connectivity index (χ2v) is 16.3. The first-order chi connectivity index (χ1) is 32.2. The fraction of sp³-hybridized carbons (Fsp3) is 0. The molecular weight excluding hydrogens is 791 g/mol. The normalized spacial score (nSPS) is 11.4. The summed E-state index contributed by atoms with van der Waals surface area (Å²) < 4.78 is 6.92. The van der Waals surface area contributed by atoms with Gasteiger partial charge in [0.1, 0.15) is 11.2 Å². The monoisotopic (exact) mass is 829 g/mol. The Morgan fingerprint density at radius 2 is 0.738 bits per heavy atom. The first-order valence-corrected chi connectivity index (χ1v) is 21.9. The quantitative estimate of drug-likeness (QED) is 0.153. The number of hydrogen-bond donors (Lipinski definition) is 0. The highest BCUT2D eigenvalue weighted by Crippen LogP contribution is 2.44. The van der Waals surface area contributed by atoms with Crippen molar-refractivity contribution >= 4 is 32.7 Å². The van der Waals surface area contributed by atoms with E-state index in [0.29, 0.717) is 17.5 Å². The van der Waals surface area contributed by atoms with Gasteiger partial charge in [-0.2, -0.15) is 0 Å². The van der Waals surface area contributed by atoms with E-state index in [9.17, 15) is 0 Å². The molecule has 0 amide bonds. The molecule has 0 aliphatic carbocycles. The molecule has 12 aromatic rings. The topological polar surface area (TPSA) is 51.8 Å². The number of furan rings is 1. The molecule has 4 heteroatoms. The summed E-state index contributed by atoms with van der Waals surface area (Å²) in [6, 6.07) is 82.9. The Bertz CT molecular complexity index is 3680. The van der Waals surface area contributed by atoms with Gasteiger partial charge in [-0.05, 0) is 85.1 Å². The van der Waals surface area contributed by atoms with Gasteiger partial charge in [0.05, 0.1) is 0 Å².